The van der Waals surface area contributed by atoms with E-state index in [9.17, 15) is 14.9 Å². The summed E-state index contributed by atoms with van der Waals surface area (Å²) in [5, 5.41) is 20.1. The molecule has 8 heteroatoms. The summed E-state index contributed by atoms with van der Waals surface area (Å²) in [7, 11) is 0. The Morgan fingerprint density at radius 1 is 1.29 bits per heavy atom. The first-order chi connectivity index (χ1) is 9.88. The van der Waals surface area contributed by atoms with Crippen LogP contribution in [0.25, 0.3) is 0 Å². The van der Waals surface area contributed by atoms with Crippen molar-refractivity contribution in [1.82, 2.24) is 9.97 Å². The highest BCUT2D eigenvalue weighted by atomic mass is 16.6. The first-order valence-electron chi connectivity index (χ1n) is 5.89. The van der Waals surface area contributed by atoms with E-state index in [1.807, 2.05) is 0 Å². The van der Waals surface area contributed by atoms with Crippen LogP contribution in [0.5, 0.6) is 11.8 Å². The fourth-order valence-corrected chi connectivity index (χ4v) is 1.81. The molecule has 1 N–H and O–H groups in total. The number of nitro groups is 1. The number of aromatic nitrogens is 2. The van der Waals surface area contributed by atoms with E-state index >= 15 is 0 Å². The minimum absolute atomic E-state index is 0.0597. The number of nitro benzene ring substituents is 1. The Bertz CT molecular complexity index is 709. The van der Waals surface area contributed by atoms with Crippen molar-refractivity contribution >= 4 is 11.7 Å². The third kappa shape index (κ3) is 3.11. The summed E-state index contributed by atoms with van der Waals surface area (Å²) < 4.78 is 5.32. The number of carboxylic acids is 1. The molecular formula is C13H11N3O5. The molecule has 0 amide bonds. The summed E-state index contributed by atoms with van der Waals surface area (Å²) >= 11 is 0. The summed E-state index contributed by atoms with van der Waals surface area (Å²) in [5.74, 6) is -1.64. The highest BCUT2D eigenvalue weighted by molar-refractivity contribution is 5.95. The smallest absolute Gasteiger partial charge is 0.346 e. The summed E-state index contributed by atoms with van der Waals surface area (Å²) in [6.45, 7) is 3.46. The number of carbonyl (C=O) groups is 1. The molecule has 2 rings (SSSR count). The number of aryl methyl sites for hydroxylation is 2. The van der Waals surface area contributed by atoms with Gasteiger partial charge in [0, 0.05) is 17.5 Å². The molecule has 108 valence electrons. The zero-order valence-electron chi connectivity index (χ0n) is 11.2. The normalized spacial score (nSPS) is 10.2. The lowest BCUT2D eigenvalue weighted by Gasteiger charge is -2.08. The summed E-state index contributed by atoms with van der Waals surface area (Å²) in [6, 6.07) is 5.41. The van der Waals surface area contributed by atoms with Crippen LogP contribution in [0.3, 0.4) is 0 Å². The average molecular weight is 289 g/mol. The fraction of sp³-hybridized carbons (Fsp3) is 0.154. The van der Waals surface area contributed by atoms with Gasteiger partial charge < -0.3 is 9.84 Å². The van der Waals surface area contributed by atoms with Gasteiger partial charge in [-0.1, -0.05) is 6.07 Å². The quantitative estimate of drug-likeness (QED) is 0.678. The number of hydrogen-bond donors (Lipinski definition) is 1. The number of carboxylic acid groups (broad SMARTS) is 1. The Hall–Kier alpha value is -3.03. The van der Waals surface area contributed by atoms with Crippen LogP contribution in [0.2, 0.25) is 0 Å². The SMILES string of the molecule is Cc1cc(C)nc(Oc2cccc([N+](=O)[O-])c2C(=O)O)n1. The van der Waals surface area contributed by atoms with Crippen LogP contribution < -0.4 is 4.74 Å². The molecule has 1 aromatic carbocycles. The average Bonchev–Trinajstić information content (AvgIpc) is 2.36. The van der Waals surface area contributed by atoms with Crippen molar-refractivity contribution in [2.24, 2.45) is 0 Å². The van der Waals surface area contributed by atoms with Gasteiger partial charge >= 0.3 is 12.0 Å². The summed E-state index contributed by atoms with van der Waals surface area (Å²) in [6.07, 6.45) is 0. The Morgan fingerprint density at radius 2 is 1.90 bits per heavy atom. The summed E-state index contributed by atoms with van der Waals surface area (Å²) in [4.78, 5) is 29.4. The zero-order chi connectivity index (χ0) is 15.6. The second kappa shape index (κ2) is 5.53. The van der Waals surface area contributed by atoms with Crippen molar-refractivity contribution in [2.45, 2.75) is 13.8 Å². The van der Waals surface area contributed by atoms with Crippen LogP contribution in [0.15, 0.2) is 24.3 Å². The van der Waals surface area contributed by atoms with Gasteiger partial charge in [-0.15, -0.1) is 0 Å². The highest BCUT2D eigenvalue weighted by Gasteiger charge is 2.25. The molecule has 0 saturated heterocycles. The predicted molar refractivity (Wildman–Crippen MR) is 71.6 cm³/mol. The lowest BCUT2D eigenvalue weighted by atomic mass is 10.1. The van der Waals surface area contributed by atoms with E-state index in [0.29, 0.717) is 11.4 Å². The topological polar surface area (TPSA) is 115 Å². The second-order valence-electron chi connectivity index (χ2n) is 4.25. The van der Waals surface area contributed by atoms with Crippen LogP contribution in [0, 0.1) is 24.0 Å². The van der Waals surface area contributed by atoms with Gasteiger partial charge in [0.25, 0.3) is 5.69 Å². The standard InChI is InChI=1S/C13H11N3O5/c1-7-6-8(2)15-13(14-7)21-10-5-3-4-9(16(19)20)11(10)12(17)18/h3-6H,1-2H3,(H,17,18). The van der Waals surface area contributed by atoms with E-state index in [2.05, 4.69) is 9.97 Å². The minimum atomic E-state index is -1.46. The highest BCUT2D eigenvalue weighted by Crippen LogP contribution is 2.30. The van der Waals surface area contributed by atoms with Crippen molar-refractivity contribution < 1.29 is 19.6 Å². The summed E-state index contributed by atoms with van der Waals surface area (Å²) in [5.41, 5.74) is 0.189. The maximum Gasteiger partial charge on any atom is 0.346 e. The number of hydrogen-bond acceptors (Lipinski definition) is 6. The molecule has 0 aliphatic heterocycles. The Kier molecular flexibility index (Phi) is 3.79. The number of ether oxygens (including phenoxy) is 1. The van der Waals surface area contributed by atoms with Gasteiger partial charge in [-0.3, -0.25) is 10.1 Å². The zero-order valence-corrected chi connectivity index (χ0v) is 11.2. The van der Waals surface area contributed by atoms with E-state index in [0.717, 1.165) is 6.07 Å². The molecule has 0 aliphatic rings. The van der Waals surface area contributed by atoms with Crippen molar-refractivity contribution in [3.8, 4) is 11.8 Å². The van der Waals surface area contributed by atoms with Gasteiger partial charge in [-0.25, -0.2) is 14.8 Å². The van der Waals surface area contributed by atoms with E-state index in [1.165, 1.54) is 12.1 Å². The second-order valence-corrected chi connectivity index (χ2v) is 4.25. The van der Waals surface area contributed by atoms with Crippen LogP contribution in [-0.4, -0.2) is 26.0 Å². The Labute approximate surface area is 119 Å². The largest absolute Gasteiger partial charge is 0.477 e. The Balaban J connectivity index is 2.51. The number of aromatic carboxylic acids is 1. The van der Waals surface area contributed by atoms with Crippen LogP contribution in [0.1, 0.15) is 21.7 Å². The van der Waals surface area contributed by atoms with E-state index in [-0.39, 0.29) is 11.8 Å². The molecule has 0 bridgehead atoms. The van der Waals surface area contributed by atoms with Gasteiger partial charge in [0.05, 0.1) is 4.92 Å². The monoisotopic (exact) mass is 289 g/mol. The number of rotatable bonds is 4. The molecule has 0 spiro atoms. The van der Waals surface area contributed by atoms with Gasteiger partial charge in [0.15, 0.2) is 11.3 Å². The maximum absolute atomic E-state index is 11.2. The van der Waals surface area contributed by atoms with Crippen LogP contribution >= 0.6 is 0 Å². The molecule has 0 atom stereocenters. The van der Waals surface area contributed by atoms with E-state index in [4.69, 9.17) is 9.84 Å². The van der Waals surface area contributed by atoms with Crippen molar-refractivity contribution in [2.75, 3.05) is 0 Å². The number of nitrogens with zero attached hydrogens (tertiary/aromatic N) is 3. The van der Waals surface area contributed by atoms with Crippen molar-refractivity contribution in [3.63, 3.8) is 0 Å². The molecule has 1 heterocycles. The maximum atomic E-state index is 11.2. The minimum Gasteiger partial charge on any atom is -0.477 e. The third-order valence-electron chi connectivity index (χ3n) is 2.58. The molecule has 1 aromatic heterocycles. The molecule has 0 saturated carbocycles. The first-order valence-corrected chi connectivity index (χ1v) is 5.89. The van der Waals surface area contributed by atoms with Crippen LogP contribution in [0.4, 0.5) is 5.69 Å². The van der Waals surface area contributed by atoms with Crippen molar-refractivity contribution in [1.29, 1.82) is 0 Å². The van der Waals surface area contributed by atoms with E-state index < -0.39 is 22.1 Å². The van der Waals surface area contributed by atoms with Gasteiger partial charge in [-0.05, 0) is 26.0 Å². The van der Waals surface area contributed by atoms with Gasteiger partial charge in [0.1, 0.15) is 0 Å². The molecule has 8 nitrogen and oxygen atoms in total. The Morgan fingerprint density at radius 3 is 2.43 bits per heavy atom. The molecule has 21 heavy (non-hydrogen) atoms. The molecule has 0 fully saturated rings. The molecule has 0 unspecified atom stereocenters. The molecule has 2 aromatic rings. The number of benzene rings is 1. The van der Waals surface area contributed by atoms with Gasteiger partial charge in [-0.2, -0.15) is 0 Å². The molecular weight excluding hydrogens is 278 g/mol. The molecule has 0 radical (unpaired) electrons. The van der Waals surface area contributed by atoms with Gasteiger partial charge in [0.2, 0.25) is 0 Å². The lowest BCUT2D eigenvalue weighted by Crippen LogP contribution is -2.06. The predicted octanol–water partition coefficient (Wildman–Crippen LogP) is 2.49. The first kappa shape index (κ1) is 14.4. The molecule has 0 aliphatic carbocycles. The van der Waals surface area contributed by atoms with Crippen LogP contribution in [-0.2, 0) is 0 Å². The van der Waals surface area contributed by atoms with Crippen molar-refractivity contribution in [3.05, 3.63) is 51.3 Å². The van der Waals surface area contributed by atoms with E-state index in [1.54, 1.807) is 19.9 Å². The fourth-order valence-electron chi connectivity index (χ4n) is 1.81. The third-order valence-corrected chi connectivity index (χ3v) is 2.58. The lowest BCUT2D eigenvalue weighted by molar-refractivity contribution is -0.385.